The lowest BCUT2D eigenvalue weighted by molar-refractivity contribution is -0.130. The van der Waals surface area contributed by atoms with Gasteiger partial charge in [-0.25, -0.2) is 0 Å². The molecule has 2 rings (SSSR count). The number of carbonyl (C=O) groups excluding carboxylic acids is 2. The van der Waals surface area contributed by atoms with Crippen LogP contribution in [0.25, 0.3) is 0 Å². The fraction of sp³-hybridized carbons (Fsp3) is 0.556. The number of benzene rings is 1. The molecule has 1 aromatic rings. The Morgan fingerprint density at radius 2 is 1.65 bits per heavy atom. The zero-order chi connectivity index (χ0) is 16.7. The summed E-state index contributed by atoms with van der Waals surface area (Å²) in [6.07, 6.45) is 3.43. The molecule has 1 N–H and O–H groups in total. The highest BCUT2D eigenvalue weighted by Gasteiger charge is 2.16. The van der Waals surface area contributed by atoms with Crippen molar-refractivity contribution in [2.45, 2.75) is 33.1 Å². The zero-order valence-electron chi connectivity index (χ0n) is 14.2. The van der Waals surface area contributed by atoms with Crippen LogP contribution < -0.4 is 5.32 Å². The number of nitrogens with zero attached hydrogens (tertiary/aromatic N) is 2. The zero-order valence-corrected chi connectivity index (χ0v) is 14.2. The van der Waals surface area contributed by atoms with Gasteiger partial charge in [-0.15, -0.1) is 0 Å². The Morgan fingerprint density at radius 1 is 1.04 bits per heavy atom. The first-order valence-corrected chi connectivity index (χ1v) is 8.56. The van der Waals surface area contributed by atoms with Crippen LogP contribution in [0.4, 0.5) is 5.69 Å². The lowest BCUT2D eigenvalue weighted by Crippen LogP contribution is -2.39. The Bertz CT molecular complexity index is 518. The van der Waals surface area contributed by atoms with E-state index in [0.29, 0.717) is 25.2 Å². The van der Waals surface area contributed by atoms with Crippen molar-refractivity contribution >= 4 is 17.5 Å². The van der Waals surface area contributed by atoms with Gasteiger partial charge >= 0.3 is 0 Å². The number of likely N-dealkylation sites (tertiary alicyclic amines) is 1. The molecule has 5 heteroatoms. The summed E-state index contributed by atoms with van der Waals surface area (Å²) < 4.78 is 0. The quantitative estimate of drug-likeness (QED) is 0.877. The molecule has 0 saturated carbocycles. The van der Waals surface area contributed by atoms with Gasteiger partial charge in [0.15, 0.2) is 0 Å². The van der Waals surface area contributed by atoms with E-state index in [9.17, 15) is 9.59 Å². The Labute approximate surface area is 138 Å². The molecule has 0 unspecified atom stereocenters. The molecule has 1 aromatic carbocycles. The number of hydrogen-bond donors (Lipinski definition) is 1. The monoisotopic (exact) mass is 317 g/mol. The van der Waals surface area contributed by atoms with Gasteiger partial charge in [0.1, 0.15) is 0 Å². The summed E-state index contributed by atoms with van der Waals surface area (Å²) in [5.74, 6) is 0.193. The molecule has 23 heavy (non-hydrogen) atoms. The second kappa shape index (κ2) is 8.56. The molecular weight excluding hydrogens is 290 g/mol. The van der Waals surface area contributed by atoms with Crippen molar-refractivity contribution in [3.63, 3.8) is 0 Å². The van der Waals surface area contributed by atoms with Crippen LogP contribution >= 0.6 is 0 Å². The fourth-order valence-corrected chi connectivity index (χ4v) is 2.86. The Morgan fingerprint density at radius 3 is 2.22 bits per heavy atom. The largest absolute Gasteiger partial charge is 0.376 e. The first-order valence-electron chi connectivity index (χ1n) is 8.56. The number of nitrogens with one attached hydrogen (secondary N) is 1. The van der Waals surface area contributed by atoms with Gasteiger partial charge in [0, 0.05) is 37.4 Å². The molecule has 0 radical (unpaired) electrons. The van der Waals surface area contributed by atoms with Gasteiger partial charge in [-0.3, -0.25) is 9.59 Å². The normalized spacial score (nSPS) is 14.4. The molecule has 0 bridgehead atoms. The highest BCUT2D eigenvalue weighted by atomic mass is 16.2. The molecule has 1 saturated heterocycles. The summed E-state index contributed by atoms with van der Waals surface area (Å²) in [7, 11) is 0. The third-order valence-corrected chi connectivity index (χ3v) is 4.34. The summed E-state index contributed by atoms with van der Waals surface area (Å²) in [6.45, 7) is 7.42. The standard InChI is InChI=1S/C18H27N3O2/c1-3-20(4-2)18(23)15-8-10-16(11-9-15)19-14-17(22)21-12-6-5-7-13-21/h8-11,19H,3-7,12-14H2,1-2H3. The number of anilines is 1. The van der Waals surface area contributed by atoms with Crippen LogP contribution in [-0.2, 0) is 4.79 Å². The van der Waals surface area contributed by atoms with E-state index in [1.807, 2.05) is 43.0 Å². The molecular formula is C18H27N3O2. The van der Waals surface area contributed by atoms with Crippen molar-refractivity contribution in [1.29, 1.82) is 0 Å². The predicted octanol–water partition coefficient (Wildman–Crippen LogP) is 2.59. The molecule has 1 aliphatic heterocycles. The number of rotatable bonds is 6. The van der Waals surface area contributed by atoms with Gasteiger partial charge in [0.2, 0.25) is 5.91 Å². The van der Waals surface area contributed by atoms with Gasteiger partial charge < -0.3 is 15.1 Å². The van der Waals surface area contributed by atoms with Crippen LogP contribution in [0.2, 0.25) is 0 Å². The van der Waals surface area contributed by atoms with Gasteiger partial charge in [0.05, 0.1) is 6.54 Å². The minimum absolute atomic E-state index is 0.0472. The van der Waals surface area contributed by atoms with E-state index in [2.05, 4.69) is 5.32 Å². The number of piperidine rings is 1. The maximum absolute atomic E-state index is 12.2. The highest BCUT2D eigenvalue weighted by molar-refractivity contribution is 5.94. The number of hydrogen-bond acceptors (Lipinski definition) is 3. The number of amides is 2. The van der Waals surface area contributed by atoms with Crippen LogP contribution in [-0.4, -0.2) is 54.3 Å². The van der Waals surface area contributed by atoms with Crippen molar-refractivity contribution in [2.75, 3.05) is 38.0 Å². The van der Waals surface area contributed by atoms with Crippen molar-refractivity contribution in [1.82, 2.24) is 9.80 Å². The third kappa shape index (κ3) is 4.71. The molecule has 0 aromatic heterocycles. The smallest absolute Gasteiger partial charge is 0.253 e. The summed E-state index contributed by atoms with van der Waals surface area (Å²) in [5, 5.41) is 3.15. The summed E-state index contributed by atoms with van der Waals surface area (Å²) in [5.41, 5.74) is 1.55. The lowest BCUT2D eigenvalue weighted by atomic mass is 10.1. The lowest BCUT2D eigenvalue weighted by Gasteiger charge is -2.26. The average Bonchev–Trinajstić information content (AvgIpc) is 2.61. The molecule has 5 nitrogen and oxygen atoms in total. The summed E-state index contributed by atoms with van der Waals surface area (Å²) >= 11 is 0. The average molecular weight is 317 g/mol. The van der Waals surface area contributed by atoms with E-state index < -0.39 is 0 Å². The van der Waals surface area contributed by atoms with E-state index in [0.717, 1.165) is 31.6 Å². The van der Waals surface area contributed by atoms with Gasteiger partial charge in [-0.2, -0.15) is 0 Å². The van der Waals surface area contributed by atoms with E-state index in [1.165, 1.54) is 6.42 Å². The van der Waals surface area contributed by atoms with Gasteiger partial charge in [-0.1, -0.05) is 0 Å². The summed E-state index contributed by atoms with van der Waals surface area (Å²) in [6, 6.07) is 7.35. The van der Waals surface area contributed by atoms with Crippen LogP contribution in [0.15, 0.2) is 24.3 Å². The van der Waals surface area contributed by atoms with Crippen molar-refractivity contribution in [2.24, 2.45) is 0 Å². The third-order valence-electron chi connectivity index (χ3n) is 4.34. The SMILES string of the molecule is CCN(CC)C(=O)c1ccc(NCC(=O)N2CCCCC2)cc1. The molecule has 0 aliphatic carbocycles. The van der Waals surface area contributed by atoms with Crippen LogP contribution in [0, 0.1) is 0 Å². The molecule has 1 fully saturated rings. The van der Waals surface area contributed by atoms with E-state index in [1.54, 1.807) is 4.90 Å². The Hall–Kier alpha value is -2.04. The Balaban J connectivity index is 1.87. The van der Waals surface area contributed by atoms with Crippen LogP contribution in [0.1, 0.15) is 43.5 Å². The molecule has 1 heterocycles. The Kier molecular flexibility index (Phi) is 6.44. The topological polar surface area (TPSA) is 52.7 Å². The maximum Gasteiger partial charge on any atom is 0.253 e. The van der Waals surface area contributed by atoms with Crippen molar-refractivity contribution in [3.8, 4) is 0 Å². The second-order valence-corrected chi connectivity index (χ2v) is 5.85. The fourth-order valence-electron chi connectivity index (χ4n) is 2.86. The number of carbonyl (C=O) groups is 2. The predicted molar refractivity (Wildman–Crippen MR) is 92.6 cm³/mol. The van der Waals surface area contributed by atoms with Crippen LogP contribution in [0.3, 0.4) is 0 Å². The van der Waals surface area contributed by atoms with Crippen molar-refractivity contribution in [3.05, 3.63) is 29.8 Å². The molecule has 126 valence electrons. The maximum atomic E-state index is 12.2. The highest BCUT2D eigenvalue weighted by Crippen LogP contribution is 2.13. The summed E-state index contributed by atoms with van der Waals surface area (Å²) in [4.78, 5) is 28.1. The minimum Gasteiger partial charge on any atom is -0.376 e. The first kappa shape index (κ1) is 17.3. The molecule has 2 amide bonds. The second-order valence-electron chi connectivity index (χ2n) is 5.85. The van der Waals surface area contributed by atoms with Crippen molar-refractivity contribution < 1.29 is 9.59 Å². The molecule has 0 spiro atoms. The van der Waals surface area contributed by atoms with E-state index in [4.69, 9.17) is 0 Å². The first-order chi connectivity index (χ1) is 11.2. The van der Waals surface area contributed by atoms with Crippen LogP contribution in [0.5, 0.6) is 0 Å². The molecule has 1 aliphatic rings. The molecule has 0 atom stereocenters. The van der Waals surface area contributed by atoms with E-state index in [-0.39, 0.29) is 11.8 Å². The van der Waals surface area contributed by atoms with Gasteiger partial charge in [-0.05, 0) is 57.4 Å². The van der Waals surface area contributed by atoms with Gasteiger partial charge in [0.25, 0.3) is 5.91 Å². The van der Waals surface area contributed by atoms with E-state index >= 15 is 0 Å². The minimum atomic E-state index is 0.0472.